The van der Waals surface area contributed by atoms with Crippen LogP contribution >= 0.6 is 0 Å². The van der Waals surface area contributed by atoms with Crippen molar-refractivity contribution < 1.29 is 34.1 Å². The number of hydrogen-bond acceptors (Lipinski definition) is 2. The van der Waals surface area contributed by atoms with Crippen LogP contribution in [0.15, 0.2) is 4.99 Å². The van der Waals surface area contributed by atoms with Crippen molar-refractivity contribution in [1.82, 2.24) is 5.32 Å². The van der Waals surface area contributed by atoms with Gasteiger partial charge in [-0.3, -0.25) is 18.3 Å². The third kappa shape index (κ3) is 14.3. The van der Waals surface area contributed by atoms with Crippen LogP contribution in [-0.2, 0) is 34.1 Å². The Morgan fingerprint density at radius 2 is 0.921 bits per heavy atom. The molecule has 3 saturated heterocycles. The molecule has 1 atom stereocenters. The molecule has 230 valence electrons. The van der Waals surface area contributed by atoms with E-state index < -0.39 is 0 Å². The average Bonchev–Trinajstić information content (AvgIpc) is 3.05. The van der Waals surface area contributed by atoms with E-state index in [1.165, 1.54) is 57.2 Å². The summed E-state index contributed by atoms with van der Waals surface area (Å²) in [6.07, 6.45) is 9.75. The molecule has 0 amide bonds. The topological polar surface area (TPSA) is 80.8 Å². The van der Waals surface area contributed by atoms with Crippen LogP contribution < -0.4 is 5.32 Å². The smallest absolute Gasteiger partial charge is 0.675 e. The van der Waals surface area contributed by atoms with Gasteiger partial charge in [-0.1, -0.05) is 93.9 Å². The van der Waals surface area contributed by atoms with Crippen LogP contribution in [0.1, 0.15) is 134 Å². The Hall–Kier alpha value is 0.349. The third-order valence-corrected chi connectivity index (χ3v) is 7.93. The predicted molar refractivity (Wildman–Crippen MR) is 159 cm³/mol. The Morgan fingerprint density at radius 1 is 0.579 bits per heavy atom. The molecule has 1 unspecified atom stereocenters. The van der Waals surface area contributed by atoms with E-state index in [-0.39, 0.29) is 67.4 Å². The second-order valence-corrected chi connectivity index (χ2v) is 15.3. The molecule has 6 nitrogen and oxygen atoms in total. The third-order valence-electron chi connectivity index (χ3n) is 7.93. The molecule has 0 saturated carbocycles. The second kappa shape index (κ2) is 14.5. The summed E-state index contributed by atoms with van der Waals surface area (Å²) in [5, 5.41) is 21.7. The van der Waals surface area contributed by atoms with E-state index in [0.29, 0.717) is 19.3 Å². The van der Waals surface area contributed by atoms with E-state index in [9.17, 15) is 0 Å². The Labute approximate surface area is 257 Å². The fourth-order valence-electron chi connectivity index (χ4n) is 5.54. The summed E-state index contributed by atoms with van der Waals surface area (Å²) in [7, 11) is 0. The van der Waals surface area contributed by atoms with Gasteiger partial charge in [0.2, 0.25) is 0 Å². The van der Waals surface area contributed by atoms with Gasteiger partial charge in [-0.05, 0) is 40.5 Å². The molecular formula is C30H58Cu2N6. The van der Waals surface area contributed by atoms with Gasteiger partial charge in [0.25, 0.3) is 0 Å². The van der Waals surface area contributed by atoms with Gasteiger partial charge in [0.05, 0.1) is 5.54 Å². The molecule has 0 aromatic rings. The molecule has 2 radical (unpaired) electrons. The van der Waals surface area contributed by atoms with E-state index in [4.69, 9.17) is 0 Å². The van der Waals surface area contributed by atoms with Crippen LogP contribution in [0.25, 0.3) is 21.3 Å². The first kappa shape index (κ1) is 38.3. The molecular weight excluding hydrogens is 571 g/mol. The van der Waals surface area contributed by atoms with Crippen LogP contribution in [0.5, 0.6) is 0 Å². The van der Waals surface area contributed by atoms with Crippen molar-refractivity contribution in [3.8, 4) is 0 Å². The van der Waals surface area contributed by atoms with Crippen molar-refractivity contribution in [1.29, 1.82) is 0 Å². The van der Waals surface area contributed by atoms with Crippen molar-refractivity contribution in [2.24, 2.45) is 10.9 Å². The van der Waals surface area contributed by atoms with Crippen LogP contribution in [0.2, 0.25) is 0 Å². The molecule has 0 aromatic carbocycles. The van der Waals surface area contributed by atoms with E-state index in [2.05, 4.69) is 115 Å². The Morgan fingerprint density at radius 3 is 1.24 bits per heavy atom. The zero-order valence-corrected chi connectivity index (χ0v) is 28.4. The van der Waals surface area contributed by atoms with Gasteiger partial charge in [0, 0.05) is 11.5 Å². The van der Waals surface area contributed by atoms with Crippen LogP contribution in [0.3, 0.4) is 0 Å². The van der Waals surface area contributed by atoms with Crippen molar-refractivity contribution in [3.05, 3.63) is 21.3 Å². The van der Waals surface area contributed by atoms with Crippen molar-refractivity contribution in [3.63, 3.8) is 0 Å². The zero-order valence-electron chi connectivity index (χ0n) is 26.5. The van der Waals surface area contributed by atoms with Gasteiger partial charge < -0.3 is 26.6 Å². The standard InChI is InChI=1S/C10H18N2.2C10H20N2.2Cu/c1-9(2)5-7-6-10(3,4)12-8(7)11-9;2*1-9(2)6-5-7-10(3,4)12-8-11-9;;/h7H,5-6H2,1-4H3,(H,11,12);2*5-8H2,1-4H3;;/q;2*-2;2*+2. The molecule has 0 aromatic heterocycles. The summed E-state index contributed by atoms with van der Waals surface area (Å²) in [5.41, 5.74) is 1.07. The van der Waals surface area contributed by atoms with Gasteiger partial charge in [-0.25, -0.2) is 0 Å². The van der Waals surface area contributed by atoms with E-state index in [0.717, 1.165) is 0 Å². The van der Waals surface area contributed by atoms with E-state index in [1.807, 2.05) is 0 Å². The number of hydrogen-bond donors (Lipinski definition) is 1. The van der Waals surface area contributed by atoms with Gasteiger partial charge in [0.1, 0.15) is 5.84 Å². The summed E-state index contributed by atoms with van der Waals surface area (Å²) in [5.74, 6) is 1.96. The normalized spacial score (nSPS) is 29.6. The van der Waals surface area contributed by atoms with Crippen LogP contribution in [0, 0.1) is 5.92 Å². The molecule has 1 N–H and O–H groups in total. The van der Waals surface area contributed by atoms with E-state index in [1.54, 1.807) is 0 Å². The largest absolute Gasteiger partial charge is 2.00 e. The second-order valence-electron chi connectivity index (χ2n) is 15.3. The number of rotatable bonds is 0. The Bertz CT molecular complexity index is 647. The molecule has 0 bridgehead atoms. The molecule has 4 aliphatic heterocycles. The molecule has 0 aliphatic carbocycles. The summed E-state index contributed by atoms with van der Waals surface area (Å²) >= 11 is 0. The number of amidine groups is 1. The summed E-state index contributed by atoms with van der Waals surface area (Å²) in [6, 6.07) is 0. The first-order valence-corrected chi connectivity index (χ1v) is 14.3. The molecule has 0 spiro atoms. The van der Waals surface area contributed by atoms with Crippen molar-refractivity contribution in [2.75, 3.05) is 13.3 Å². The molecule has 38 heavy (non-hydrogen) atoms. The first-order chi connectivity index (χ1) is 16.2. The van der Waals surface area contributed by atoms with Gasteiger partial charge in [-0.2, -0.15) is 0 Å². The summed E-state index contributed by atoms with van der Waals surface area (Å²) in [4.78, 5) is 4.68. The monoisotopic (exact) mass is 628 g/mol. The van der Waals surface area contributed by atoms with Gasteiger partial charge in [-0.15, -0.1) is 22.2 Å². The maximum Gasteiger partial charge on any atom is 2.00 e. The molecule has 4 rings (SSSR count). The maximum absolute atomic E-state index is 4.68. The minimum atomic E-state index is 0. The van der Waals surface area contributed by atoms with Crippen molar-refractivity contribution in [2.45, 2.75) is 168 Å². The molecule has 4 heterocycles. The minimum Gasteiger partial charge on any atom is -0.675 e. The van der Waals surface area contributed by atoms with Crippen LogP contribution in [-0.4, -0.2) is 52.4 Å². The summed E-state index contributed by atoms with van der Waals surface area (Å²) < 4.78 is 0. The molecule has 3 fully saturated rings. The molecule has 8 heteroatoms. The minimum absolute atomic E-state index is 0. The molecule has 4 aliphatic rings. The van der Waals surface area contributed by atoms with Crippen LogP contribution in [0.4, 0.5) is 0 Å². The Kier molecular flexibility index (Phi) is 14.6. The predicted octanol–water partition coefficient (Wildman–Crippen LogP) is 8.82. The number of nitrogens with zero attached hydrogens (tertiary/aromatic N) is 5. The van der Waals surface area contributed by atoms with Crippen molar-refractivity contribution >= 4 is 5.84 Å². The first-order valence-electron chi connectivity index (χ1n) is 14.3. The number of fused-ring (bicyclic) bond motifs is 1. The fourth-order valence-corrected chi connectivity index (χ4v) is 5.54. The SMILES string of the molecule is CC1(C)CC2CC(C)(C)NC2=N1.CC1(C)CCCC(C)(C)[N-]C[N-]1.CC1(C)CCCC(C)(C)[N-]C[N-]1.[Cu+2].[Cu+2]. The number of nitrogens with one attached hydrogen (secondary N) is 1. The summed E-state index contributed by atoms with van der Waals surface area (Å²) in [6.45, 7) is 27.9. The number of aliphatic imine (C=N–C) groups is 1. The Balaban J connectivity index is 0.000000527. The van der Waals surface area contributed by atoms with Gasteiger partial charge >= 0.3 is 34.1 Å². The zero-order chi connectivity index (χ0) is 27.5. The van der Waals surface area contributed by atoms with E-state index >= 15 is 0 Å². The fraction of sp³-hybridized carbons (Fsp3) is 0.967. The maximum atomic E-state index is 4.68. The van der Waals surface area contributed by atoms with Gasteiger partial charge in [0.15, 0.2) is 0 Å². The average molecular weight is 630 g/mol. The quantitative estimate of drug-likeness (QED) is 0.267.